The number of rotatable bonds is 42. The maximum Gasteiger partial charge on any atom is 0.305 e. The van der Waals surface area contributed by atoms with Gasteiger partial charge in [0, 0.05) is 45.1 Å². The van der Waals surface area contributed by atoms with Crippen LogP contribution in [0.2, 0.25) is 0 Å². The molecule has 1 N–H and O–H groups in total. The van der Waals surface area contributed by atoms with Crippen LogP contribution in [0.5, 0.6) is 0 Å². The Morgan fingerprint density at radius 1 is 0.456 bits per heavy atom. The molecule has 0 rings (SSSR count). The molecule has 0 atom stereocenters. The molecule has 57 heavy (non-hydrogen) atoms. The van der Waals surface area contributed by atoms with Crippen molar-refractivity contribution in [3.63, 3.8) is 0 Å². The summed E-state index contributed by atoms with van der Waals surface area (Å²) < 4.78 is 23.0. The molecule has 8 heteroatoms. The molecule has 0 heterocycles. The summed E-state index contributed by atoms with van der Waals surface area (Å²) in [4.78, 5) is 26.7. The summed E-state index contributed by atoms with van der Waals surface area (Å²) in [6.07, 6.45) is 31.6. The molecular formula is C49H89NO7. The number of ether oxygens (including phenoxy) is 4. The van der Waals surface area contributed by atoms with E-state index in [-0.39, 0.29) is 24.8 Å². The summed E-state index contributed by atoms with van der Waals surface area (Å²) in [6, 6.07) is 0. The van der Waals surface area contributed by atoms with E-state index >= 15 is 0 Å². The van der Waals surface area contributed by atoms with E-state index in [9.17, 15) is 14.7 Å². The molecule has 0 radical (unpaired) electrons. The molecule has 8 nitrogen and oxygen atoms in total. The predicted molar refractivity (Wildman–Crippen MR) is 237 cm³/mol. The van der Waals surface area contributed by atoms with E-state index in [2.05, 4.69) is 49.4 Å². The third-order valence-electron chi connectivity index (χ3n) is 10.1. The lowest BCUT2D eigenvalue weighted by Gasteiger charge is -2.21. The molecule has 0 spiro atoms. The van der Waals surface area contributed by atoms with Gasteiger partial charge in [-0.25, -0.2) is 0 Å². The number of unbranched alkanes of at least 4 members (excludes halogenated alkanes) is 20. The maximum absolute atomic E-state index is 12.4. The van der Waals surface area contributed by atoms with Crippen LogP contribution in [0, 0.1) is 23.7 Å². The van der Waals surface area contributed by atoms with E-state index in [0.29, 0.717) is 58.7 Å². The van der Waals surface area contributed by atoms with Crippen molar-refractivity contribution in [1.82, 2.24) is 4.90 Å². The van der Waals surface area contributed by atoms with Gasteiger partial charge in [0.25, 0.3) is 0 Å². The second-order valence-electron chi connectivity index (χ2n) is 15.6. The minimum absolute atomic E-state index is 0.0451. The monoisotopic (exact) mass is 804 g/mol. The normalized spacial score (nSPS) is 11.1. The van der Waals surface area contributed by atoms with Crippen molar-refractivity contribution in [2.24, 2.45) is 0 Å². The number of nitrogens with zero attached hydrogens (tertiary/aromatic N) is 1. The minimum atomic E-state index is -0.295. The molecule has 0 aliphatic heterocycles. The van der Waals surface area contributed by atoms with Gasteiger partial charge in [-0.1, -0.05) is 117 Å². The highest BCUT2D eigenvalue weighted by molar-refractivity contribution is 5.69. The number of esters is 2. The SMILES string of the molecule is CCCCCC#CCCOC(CCCCC(=O)OCCCCCCN(CCO)CCCCCCCC(=O)OCCCCCCCCC)OCCC#CCCCCC. The summed E-state index contributed by atoms with van der Waals surface area (Å²) in [5.41, 5.74) is 0. The molecule has 0 unspecified atom stereocenters. The van der Waals surface area contributed by atoms with E-state index in [1.165, 1.54) is 57.8 Å². The molecule has 0 aromatic heterocycles. The highest BCUT2D eigenvalue weighted by Crippen LogP contribution is 2.13. The average Bonchev–Trinajstić information content (AvgIpc) is 3.21. The quantitative estimate of drug-likeness (QED) is 0.0282. The van der Waals surface area contributed by atoms with Gasteiger partial charge in [-0.15, -0.1) is 23.7 Å². The Morgan fingerprint density at radius 2 is 0.860 bits per heavy atom. The standard InChI is InChI=1S/C49H89NO7/c1-4-7-10-13-16-23-32-43-54-47(52)36-27-20-19-21-30-39-50(41-42-51)40-31-22-26-33-44-55-48(53)37-28-29-38-49(56-45-34-24-17-14-11-8-5-2)57-46-35-25-18-15-12-9-6-3/h49,51H,4-16,19-23,26-46H2,1-3H3. The Hall–Kier alpha value is -2.10. The molecular weight excluding hydrogens is 715 g/mol. The van der Waals surface area contributed by atoms with Crippen LogP contribution in [0.4, 0.5) is 0 Å². The van der Waals surface area contributed by atoms with Gasteiger partial charge in [0.05, 0.1) is 33.0 Å². The number of aliphatic hydroxyl groups excluding tert-OH is 1. The molecule has 0 aromatic carbocycles. The van der Waals surface area contributed by atoms with Crippen LogP contribution >= 0.6 is 0 Å². The molecule has 0 saturated carbocycles. The first-order valence-electron chi connectivity index (χ1n) is 23.9. The van der Waals surface area contributed by atoms with Crippen LogP contribution in [-0.2, 0) is 28.5 Å². The Balaban J connectivity index is 4.01. The van der Waals surface area contributed by atoms with Crippen LogP contribution in [-0.4, -0.2) is 80.9 Å². The molecule has 0 bridgehead atoms. The lowest BCUT2D eigenvalue weighted by Crippen LogP contribution is -2.29. The molecule has 0 aliphatic carbocycles. The number of carbonyl (C=O) groups excluding carboxylic acids is 2. The molecule has 0 saturated heterocycles. The number of aliphatic hydroxyl groups is 1. The van der Waals surface area contributed by atoms with Crippen molar-refractivity contribution < 1.29 is 33.6 Å². The zero-order chi connectivity index (χ0) is 41.5. The third kappa shape index (κ3) is 43.3. The van der Waals surface area contributed by atoms with E-state index in [0.717, 1.165) is 129 Å². The van der Waals surface area contributed by atoms with E-state index in [1.807, 2.05) is 0 Å². The predicted octanol–water partition coefficient (Wildman–Crippen LogP) is 11.9. The fourth-order valence-corrected chi connectivity index (χ4v) is 6.54. The Kier molecular flexibility index (Phi) is 44.9. The highest BCUT2D eigenvalue weighted by atomic mass is 16.7. The molecule has 0 fully saturated rings. The number of hydrogen-bond acceptors (Lipinski definition) is 8. The van der Waals surface area contributed by atoms with Gasteiger partial charge in [0.2, 0.25) is 0 Å². The summed E-state index contributed by atoms with van der Waals surface area (Å²) in [7, 11) is 0. The van der Waals surface area contributed by atoms with Crippen molar-refractivity contribution >= 4 is 11.9 Å². The summed E-state index contributed by atoms with van der Waals surface area (Å²) in [6.45, 7) is 11.7. The van der Waals surface area contributed by atoms with Crippen molar-refractivity contribution in [2.45, 2.75) is 226 Å². The third-order valence-corrected chi connectivity index (χ3v) is 10.1. The zero-order valence-corrected chi connectivity index (χ0v) is 37.5. The zero-order valence-electron chi connectivity index (χ0n) is 37.5. The van der Waals surface area contributed by atoms with Crippen LogP contribution in [0.1, 0.15) is 220 Å². The first kappa shape index (κ1) is 54.9. The Morgan fingerprint density at radius 3 is 1.35 bits per heavy atom. The number of carbonyl (C=O) groups is 2. The first-order valence-corrected chi connectivity index (χ1v) is 23.9. The van der Waals surface area contributed by atoms with Gasteiger partial charge in [-0.05, 0) is 77.3 Å². The minimum Gasteiger partial charge on any atom is -0.466 e. The van der Waals surface area contributed by atoms with Crippen LogP contribution in [0.25, 0.3) is 0 Å². The lowest BCUT2D eigenvalue weighted by molar-refractivity contribution is -0.147. The number of hydrogen-bond donors (Lipinski definition) is 1. The van der Waals surface area contributed by atoms with Crippen LogP contribution in [0.15, 0.2) is 0 Å². The second-order valence-corrected chi connectivity index (χ2v) is 15.6. The first-order chi connectivity index (χ1) is 28.1. The molecule has 332 valence electrons. The van der Waals surface area contributed by atoms with Gasteiger partial charge in [-0.3, -0.25) is 9.59 Å². The van der Waals surface area contributed by atoms with Gasteiger partial charge in [-0.2, -0.15) is 0 Å². The molecule has 0 aromatic rings. The van der Waals surface area contributed by atoms with Gasteiger partial charge < -0.3 is 29.0 Å². The van der Waals surface area contributed by atoms with E-state index in [1.54, 1.807) is 0 Å². The second kappa shape index (κ2) is 46.6. The lowest BCUT2D eigenvalue weighted by atomic mass is 10.1. The molecule has 0 aliphatic rings. The summed E-state index contributed by atoms with van der Waals surface area (Å²) >= 11 is 0. The fourth-order valence-electron chi connectivity index (χ4n) is 6.54. The Bertz CT molecular complexity index is 963. The van der Waals surface area contributed by atoms with Crippen molar-refractivity contribution in [1.29, 1.82) is 0 Å². The fraction of sp³-hybridized carbons (Fsp3) is 0.878. The van der Waals surface area contributed by atoms with Crippen molar-refractivity contribution in [3.05, 3.63) is 0 Å². The van der Waals surface area contributed by atoms with Gasteiger partial charge in [0.1, 0.15) is 0 Å². The van der Waals surface area contributed by atoms with E-state index < -0.39 is 0 Å². The van der Waals surface area contributed by atoms with E-state index in [4.69, 9.17) is 18.9 Å². The largest absolute Gasteiger partial charge is 0.466 e. The highest BCUT2D eigenvalue weighted by Gasteiger charge is 2.11. The van der Waals surface area contributed by atoms with Gasteiger partial charge in [0.15, 0.2) is 6.29 Å². The topological polar surface area (TPSA) is 94.5 Å². The molecule has 0 amide bonds. The van der Waals surface area contributed by atoms with Crippen LogP contribution < -0.4 is 0 Å². The van der Waals surface area contributed by atoms with Crippen molar-refractivity contribution in [3.8, 4) is 23.7 Å². The van der Waals surface area contributed by atoms with Crippen LogP contribution in [0.3, 0.4) is 0 Å². The summed E-state index contributed by atoms with van der Waals surface area (Å²) in [5, 5.41) is 9.53. The van der Waals surface area contributed by atoms with Crippen molar-refractivity contribution in [2.75, 3.05) is 52.7 Å². The summed E-state index contributed by atoms with van der Waals surface area (Å²) in [5.74, 6) is 12.8. The smallest absolute Gasteiger partial charge is 0.305 e. The van der Waals surface area contributed by atoms with Gasteiger partial charge >= 0.3 is 11.9 Å². The Labute approximate surface area is 352 Å². The average molecular weight is 804 g/mol. The maximum atomic E-state index is 12.4.